The summed E-state index contributed by atoms with van der Waals surface area (Å²) < 4.78 is 6.89. The predicted molar refractivity (Wildman–Crippen MR) is 91.2 cm³/mol. The van der Waals surface area contributed by atoms with Gasteiger partial charge in [-0.3, -0.25) is 9.36 Å². The maximum Gasteiger partial charge on any atom is 0.419 e. The summed E-state index contributed by atoms with van der Waals surface area (Å²) in [7, 11) is 0. The number of aryl methyl sites for hydroxylation is 3. The average Bonchev–Trinajstić information content (AvgIpc) is 2.90. The number of carboxylic acids is 1. The highest BCUT2D eigenvalue weighted by molar-refractivity contribution is 5.72. The molecule has 1 aromatic heterocycles. The van der Waals surface area contributed by atoms with Gasteiger partial charge in [-0.15, -0.1) is 0 Å². The molecule has 2 aromatic carbocycles. The van der Waals surface area contributed by atoms with Gasteiger partial charge in [-0.25, -0.2) is 4.79 Å². The van der Waals surface area contributed by atoms with Gasteiger partial charge in [-0.2, -0.15) is 0 Å². The minimum absolute atomic E-state index is 0.149. The Balaban J connectivity index is 1.59. The standard InChI is InChI=1S/C19H19NO4/c21-18(22)12-11-15-9-7-14(8-10-15)4-3-13-20-16-5-1-2-6-17(16)24-19(20)23/h1-2,5-10H,3-4,11-13H2,(H,21,22). The lowest BCUT2D eigenvalue weighted by Crippen LogP contribution is -2.14. The highest BCUT2D eigenvalue weighted by Gasteiger charge is 2.07. The molecule has 0 fully saturated rings. The summed E-state index contributed by atoms with van der Waals surface area (Å²) in [5, 5.41) is 8.70. The molecule has 0 saturated heterocycles. The number of aromatic nitrogens is 1. The van der Waals surface area contributed by atoms with Crippen molar-refractivity contribution in [1.82, 2.24) is 4.57 Å². The largest absolute Gasteiger partial charge is 0.481 e. The zero-order valence-corrected chi connectivity index (χ0v) is 13.3. The summed E-state index contributed by atoms with van der Waals surface area (Å²) in [5.74, 6) is -1.10. The summed E-state index contributed by atoms with van der Waals surface area (Å²) in [6, 6.07) is 15.4. The van der Waals surface area contributed by atoms with E-state index in [0.717, 1.165) is 23.9 Å². The number of para-hydroxylation sites is 2. The van der Waals surface area contributed by atoms with Gasteiger partial charge in [-0.05, 0) is 42.5 Å². The fraction of sp³-hybridized carbons (Fsp3) is 0.263. The Morgan fingerprint density at radius 1 is 1.00 bits per heavy atom. The first-order chi connectivity index (χ1) is 11.6. The van der Waals surface area contributed by atoms with Gasteiger partial charge in [0, 0.05) is 13.0 Å². The van der Waals surface area contributed by atoms with Crippen LogP contribution in [-0.2, 0) is 24.2 Å². The monoisotopic (exact) mass is 325 g/mol. The Kier molecular flexibility index (Phi) is 4.79. The fourth-order valence-electron chi connectivity index (χ4n) is 2.79. The lowest BCUT2D eigenvalue weighted by molar-refractivity contribution is -0.136. The molecule has 124 valence electrons. The number of rotatable bonds is 7. The van der Waals surface area contributed by atoms with E-state index in [1.807, 2.05) is 42.5 Å². The van der Waals surface area contributed by atoms with Crippen LogP contribution in [0.3, 0.4) is 0 Å². The molecule has 0 radical (unpaired) electrons. The average molecular weight is 325 g/mol. The number of benzene rings is 2. The number of carbonyl (C=O) groups is 1. The summed E-state index contributed by atoms with van der Waals surface area (Å²) >= 11 is 0. The minimum atomic E-state index is -0.781. The third-order valence-electron chi connectivity index (χ3n) is 4.07. The van der Waals surface area contributed by atoms with Gasteiger partial charge in [0.05, 0.1) is 5.52 Å². The van der Waals surface area contributed by atoms with Crippen LogP contribution in [0.5, 0.6) is 0 Å². The first-order valence-electron chi connectivity index (χ1n) is 8.01. The van der Waals surface area contributed by atoms with Gasteiger partial charge < -0.3 is 9.52 Å². The second-order valence-electron chi connectivity index (χ2n) is 5.80. The topological polar surface area (TPSA) is 72.4 Å². The van der Waals surface area contributed by atoms with Gasteiger partial charge in [0.25, 0.3) is 0 Å². The van der Waals surface area contributed by atoms with E-state index in [1.165, 1.54) is 5.56 Å². The van der Waals surface area contributed by atoms with Crippen LogP contribution in [-0.4, -0.2) is 15.6 Å². The molecule has 0 amide bonds. The van der Waals surface area contributed by atoms with E-state index in [2.05, 4.69) is 0 Å². The van der Waals surface area contributed by atoms with Crippen molar-refractivity contribution < 1.29 is 14.3 Å². The SMILES string of the molecule is O=C(O)CCc1ccc(CCCn2c(=O)oc3ccccc32)cc1. The molecule has 0 aliphatic rings. The van der Waals surface area contributed by atoms with Crippen molar-refractivity contribution in [3.8, 4) is 0 Å². The van der Waals surface area contributed by atoms with E-state index in [9.17, 15) is 9.59 Å². The number of hydrogen-bond acceptors (Lipinski definition) is 3. The highest BCUT2D eigenvalue weighted by atomic mass is 16.4. The van der Waals surface area contributed by atoms with Crippen molar-refractivity contribution in [3.63, 3.8) is 0 Å². The van der Waals surface area contributed by atoms with Crippen LogP contribution >= 0.6 is 0 Å². The molecule has 0 saturated carbocycles. The summed E-state index contributed by atoms with van der Waals surface area (Å²) in [4.78, 5) is 22.5. The molecule has 0 atom stereocenters. The predicted octanol–water partition coefficient (Wildman–Crippen LogP) is 3.24. The quantitative estimate of drug-likeness (QED) is 0.724. The molecule has 0 unspecified atom stereocenters. The van der Waals surface area contributed by atoms with Crippen molar-refractivity contribution in [2.24, 2.45) is 0 Å². The molecular weight excluding hydrogens is 306 g/mol. The molecule has 5 heteroatoms. The van der Waals surface area contributed by atoms with Gasteiger partial charge in [-0.1, -0.05) is 36.4 Å². The van der Waals surface area contributed by atoms with E-state index in [-0.39, 0.29) is 12.2 Å². The number of aliphatic carboxylic acids is 1. The van der Waals surface area contributed by atoms with E-state index in [4.69, 9.17) is 9.52 Å². The lowest BCUT2D eigenvalue weighted by Gasteiger charge is -2.05. The molecule has 0 aliphatic carbocycles. The Hall–Kier alpha value is -2.82. The molecule has 0 aliphatic heterocycles. The normalized spacial score (nSPS) is 11.0. The van der Waals surface area contributed by atoms with E-state index in [1.54, 1.807) is 10.6 Å². The Labute approximate surface area is 139 Å². The van der Waals surface area contributed by atoms with Crippen molar-refractivity contribution >= 4 is 17.1 Å². The molecule has 3 rings (SSSR count). The van der Waals surface area contributed by atoms with E-state index in [0.29, 0.717) is 18.5 Å². The molecule has 24 heavy (non-hydrogen) atoms. The maximum absolute atomic E-state index is 11.9. The van der Waals surface area contributed by atoms with Crippen LogP contribution < -0.4 is 5.76 Å². The van der Waals surface area contributed by atoms with Crippen LogP contribution in [0.1, 0.15) is 24.0 Å². The molecule has 0 bridgehead atoms. The molecule has 0 spiro atoms. The van der Waals surface area contributed by atoms with Crippen molar-refractivity contribution in [3.05, 3.63) is 70.2 Å². The van der Waals surface area contributed by atoms with Crippen molar-refractivity contribution in [2.45, 2.75) is 32.2 Å². The molecular formula is C19H19NO4. The Morgan fingerprint density at radius 3 is 2.38 bits per heavy atom. The number of oxazole rings is 1. The Morgan fingerprint density at radius 2 is 1.67 bits per heavy atom. The van der Waals surface area contributed by atoms with Gasteiger partial charge in [0.15, 0.2) is 5.58 Å². The third kappa shape index (κ3) is 3.74. The third-order valence-corrected chi connectivity index (χ3v) is 4.07. The molecule has 1 N–H and O–H groups in total. The van der Waals surface area contributed by atoms with Crippen LogP contribution in [0.2, 0.25) is 0 Å². The second kappa shape index (κ2) is 7.17. The lowest BCUT2D eigenvalue weighted by atomic mass is 10.0. The van der Waals surface area contributed by atoms with Gasteiger partial charge in [0.2, 0.25) is 0 Å². The van der Waals surface area contributed by atoms with Crippen molar-refractivity contribution in [1.29, 1.82) is 0 Å². The zero-order valence-electron chi connectivity index (χ0n) is 13.3. The summed E-state index contributed by atoms with van der Waals surface area (Å²) in [6.45, 7) is 0.608. The number of nitrogens with zero attached hydrogens (tertiary/aromatic N) is 1. The second-order valence-corrected chi connectivity index (χ2v) is 5.80. The summed E-state index contributed by atoms with van der Waals surface area (Å²) in [5.41, 5.74) is 3.64. The smallest absolute Gasteiger partial charge is 0.419 e. The maximum atomic E-state index is 11.9. The first-order valence-corrected chi connectivity index (χ1v) is 8.01. The van der Waals surface area contributed by atoms with Gasteiger partial charge in [0.1, 0.15) is 0 Å². The van der Waals surface area contributed by atoms with Crippen molar-refractivity contribution in [2.75, 3.05) is 0 Å². The molecule has 5 nitrogen and oxygen atoms in total. The fourth-order valence-corrected chi connectivity index (χ4v) is 2.79. The van der Waals surface area contributed by atoms with E-state index < -0.39 is 5.97 Å². The number of carboxylic acid groups (broad SMARTS) is 1. The van der Waals surface area contributed by atoms with Crippen LogP contribution in [0.15, 0.2) is 57.7 Å². The number of hydrogen-bond donors (Lipinski definition) is 1. The zero-order chi connectivity index (χ0) is 16.9. The molecule has 3 aromatic rings. The first kappa shape index (κ1) is 16.1. The van der Waals surface area contributed by atoms with Gasteiger partial charge >= 0.3 is 11.7 Å². The minimum Gasteiger partial charge on any atom is -0.481 e. The van der Waals surface area contributed by atoms with Crippen LogP contribution in [0.25, 0.3) is 11.1 Å². The number of fused-ring (bicyclic) bond motifs is 1. The van der Waals surface area contributed by atoms with E-state index >= 15 is 0 Å². The summed E-state index contributed by atoms with van der Waals surface area (Å²) in [6.07, 6.45) is 2.38. The van der Waals surface area contributed by atoms with Crippen LogP contribution in [0.4, 0.5) is 0 Å². The molecule has 1 heterocycles. The van der Waals surface area contributed by atoms with Crippen LogP contribution in [0, 0.1) is 0 Å². The Bertz CT molecular complexity index is 890. The highest BCUT2D eigenvalue weighted by Crippen LogP contribution is 2.13.